The van der Waals surface area contributed by atoms with Crippen LogP contribution in [-0.4, -0.2) is 39.7 Å². The second-order valence-electron chi connectivity index (χ2n) is 9.24. The average Bonchev–Trinajstić information content (AvgIpc) is 2.78. The van der Waals surface area contributed by atoms with Gasteiger partial charge in [-0.25, -0.2) is 4.98 Å². The Balaban J connectivity index is 1.47. The number of aromatic hydroxyl groups is 1. The smallest absolute Gasteiger partial charge is 0.224 e. The number of rotatable bonds is 11. The summed E-state index contributed by atoms with van der Waals surface area (Å²) in [6.07, 6.45) is 2.63. The number of benzene rings is 2. The van der Waals surface area contributed by atoms with E-state index in [1.165, 1.54) is 0 Å². The zero-order valence-electron chi connectivity index (χ0n) is 19.8. The summed E-state index contributed by atoms with van der Waals surface area (Å²) in [5, 5.41) is 26.3. The fourth-order valence-corrected chi connectivity index (χ4v) is 3.83. The van der Waals surface area contributed by atoms with E-state index in [1.807, 2.05) is 24.3 Å². The standard InChI is InChI=1S/C27H34N4O3/c1-27(2,31-18-24(33)22-9-10-25(28)30-17-22)16-21-7-3-6-20(13-21)15-26(34)29-12-11-19-5-4-8-23(32)14-19/h3-10,13-14,17,24,31-33H,11-12,15-16,18H2,1-2H3,(H2,28,30)(H,29,34)/t24-/m1/s1. The van der Waals surface area contributed by atoms with E-state index in [2.05, 4.69) is 35.5 Å². The highest BCUT2D eigenvalue weighted by Gasteiger charge is 2.20. The third kappa shape index (κ3) is 8.17. The van der Waals surface area contributed by atoms with Crippen molar-refractivity contribution in [2.24, 2.45) is 0 Å². The number of carbonyl (C=O) groups excluding carboxylic acids is 1. The highest BCUT2D eigenvalue weighted by atomic mass is 16.3. The van der Waals surface area contributed by atoms with Gasteiger partial charge in [-0.1, -0.05) is 42.5 Å². The maximum Gasteiger partial charge on any atom is 0.224 e. The predicted octanol–water partition coefficient (Wildman–Crippen LogP) is 2.92. The quantitative estimate of drug-likeness (QED) is 0.299. The molecular formula is C27H34N4O3. The Kier molecular flexibility index (Phi) is 8.62. The summed E-state index contributed by atoms with van der Waals surface area (Å²) < 4.78 is 0. The molecule has 0 aliphatic heterocycles. The molecule has 1 atom stereocenters. The Morgan fingerprint density at radius 3 is 2.53 bits per heavy atom. The van der Waals surface area contributed by atoms with Crippen molar-refractivity contribution in [1.29, 1.82) is 0 Å². The second-order valence-corrected chi connectivity index (χ2v) is 9.24. The Morgan fingerprint density at radius 1 is 1.06 bits per heavy atom. The molecule has 6 N–H and O–H groups in total. The number of β-amino-alcohol motifs (C(OH)–C–C–N with tert-alkyl or cyclic N) is 1. The lowest BCUT2D eigenvalue weighted by atomic mass is 9.93. The Morgan fingerprint density at radius 2 is 1.79 bits per heavy atom. The molecule has 34 heavy (non-hydrogen) atoms. The van der Waals surface area contributed by atoms with Crippen molar-refractivity contribution in [3.63, 3.8) is 0 Å². The fraction of sp³-hybridized carbons (Fsp3) is 0.333. The monoisotopic (exact) mass is 462 g/mol. The number of aromatic nitrogens is 1. The van der Waals surface area contributed by atoms with Crippen LogP contribution in [0.4, 0.5) is 5.82 Å². The van der Waals surface area contributed by atoms with E-state index < -0.39 is 6.10 Å². The first kappa shape index (κ1) is 25.2. The number of phenols is 1. The molecule has 0 saturated heterocycles. The highest BCUT2D eigenvalue weighted by molar-refractivity contribution is 5.78. The molecule has 0 radical (unpaired) electrons. The minimum Gasteiger partial charge on any atom is -0.508 e. The normalized spacial score (nSPS) is 12.3. The van der Waals surface area contributed by atoms with Crippen molar-refractivity contribution < 1.29 is 15.0 Å². The molecular weight excluding hydrogens is 428 g/mol. The molecule has 0 bridgehead atoms. The van der Waals surface area contributed by atoms with Crippen molar-refractivity contribution in [2.75, 3.05) is 18.8 Å². The number of aliphatic hydroxyl groups excluding tert-OH is 1. The molecule has 7 nitrogen and oxygen atoms in total. The summed E-state index contributed by atoms with van der Waals surface area (Å²) in [4.78, 5) is 16.4. The summed E-state index contributed by atoms with van der Waals surface area (Å²) in [5.74, 6) is 0.624. The molecule has 3 rings (SSSR count). The topological polar surface area (TPSA) is 120 Å². The molecule has 0 fully saturated rings. The van der Waals surface area contributed by atoms with Gasteiger partial charge in [0.15, 0.2) is 0 Å². The van der Waals surface area contributed by atoms with Gasteiger partial charge in [-0.05, 0) is 61.6 Å². The van der Waals surface area contributed by atoms with Crippen molar-refractivity contribution >= 4 is 11.7 Å². The number of amides is 1. The molecule has 1 heterocycles. The number of nitrogens with two attached hydrogens (primary N) is 1. The van der Waals surface area contributed by atoms with Crippen molar-refractivity contribution in [2.45, 2.75) is 44.8 Å². The van der Waals surface area contributed by atoms with E-state index in [1.54, 1.807) is 36.5 Å². The van der Waals surface area contributed by atoms with Gasteiger partial charge in [-0.2, -0.15) is 0 Å². The van der Waals surface area contributed by atoms with Gasteiger partial charge in [0.2, 0.25) is 5.91 Å². The predicted molar refractivity (Wildman–Crippen MR) is 134 cm³/mol. The van der Waals surface area contributed by atoms with Crippen LogP contribution in [0.5, 0.6) is 5.75 Å². The van der Waals surface area contributed by atoms with Gasteiger partial charge in [0.1, 0.15) is 11.6 Å². The van der Waals surface area contributed by atoms with Gasteiger partial charge >= 0.3 is 0 Å². The molecule has 180 valence electrons. The fourth-order valence-electron chi connectivity index (χ4n) is 3.83. The van der Waals surface area contributed by atoms with Crippen molar-refractivity contribution in [3.05, 3.63) is 89.1 Å². The van der Waals surface area contributed by atoms with Crippen LogP contribution in [0.3, 0.4) is 0 Å². The summed E-state index contributed by atoms with van der Waals surface area (Å²) >= 11 is 0. The zero-order valence-corrected chi connectivity index (χ0v) is 19.8. The first-order chi connectivity index (χ1) is 16.2. The molecule has 2 aromatic carbocycles. The van der Waals surface area contributed by atoms with Gasteiger partial charge in [0.25, 0.3) is 0 Å². The third-order valence-corrected chi connectivity index (χ3v) is 5.62. The maximum absolute atomic E-state index is 12.4. The van der Waals surface area contributed by atoms with Crippen LogP contribution in [0.15, 0.2) is 66.9 Å². The minimum absolute atomic E-state index is 0.0325. The van der Waals surface area contributed by atoms with Gasteiger partial charge in [-0.15, -0.1) is 0 Å². The molecule has 0 unspecified atom stereocenters. The largest absolute Gasteiger partial charge is 0.508 e. The van der Waals surface area contributed by atoms with Gasteiger partial charge < -0.3 is 26.6 Å². The van der Waals surface area contributed by atoms with Crippen molar-refractivity contribution in [3.8, 4) is 5.75 Å². The molecule has 0 saturated carbocycles. The number of hydrogen-bond donors (Lipinski definition) is 5. The first-order valence-electron chi connectivity index (χ1n) is 11.5. The Hall–Kier alpha value is -3.42. The zero-order chi connectivity index (χ0) is 24.6. The molecule has 1 aromatic heterocycles. The van der Waals surface area contributed by atoms with E-state index in [4.69, 9.17) is 5.73 Å². The van der Waals surface area contributed by atoms with Gasteiger partial charge in [-0.3, -0.25) is 4.79 Å². The number of hydrogen-bond acceptors (Lipinski definition) is 6. The molecule has 0 aliphatic carbocycles. The molecule has 3 aromatic rings. The van der Waals surface area contributed by atoms with Crippen LogP contribution in [0.1, 0.15) is 42.2 Å². The van der Waals surface area contributed by atoms with E-state index >= 15 is 0 Å². The average molecular weight is 463 g/mol. The second kappa shape index (κ2) is 11.6. The van der Waals surface area contributed by atoms with Gasteiger partial charge in [0.05, 0.1) is 12.5 Å². The van der Waals surface area contributed by atoms with E-state index in [9.17, 15) is 15.0 Å². The lowest BCUT2D eigenvalue weighted by Gasteiger charge is -2.28. The number of nitrogens with one attached hydrogen (secondary N) is 2. The highest BCUT2D eigenvalue weighted by Crippen LogP contribution is 2.18. The Bertz CT molecular complexity index is 1080. The number of aliphatic hydroxyl groups is 1. The molecule has 0 spiro atoms. The maximum atomic E-state index is 12.4. The van der Waals surface area contributed by atoms with Crippen LogP contribution in [0.2, 0.25) is 0 Å². The van der Waals surface area contributed by atoms with E-state index in [0.717, 1.165) is 28.7 Å². The SMILES string of the molecule is CC(C)(Cc1cccc(CC(=O)NCCc2cccc(O)c2)c1)NC[C@@H](O)c1ccc(N)nc1. The minimum atomic E-state index is -0.678. The number of nitrogen functional groups attached to an aromatic ring is 1. The third-order valence-electron chi connectivity index (χ3n) is 5.62. The number of anilines is 1. The van der Waals surface area contributed by atoms with Crippen LogP contribution < -0.4 is 16.4 Å². The Labute approximate surface area is 201 Å². The van der Waals surface area contributed by atoms with Crippen LogP contribution in [0.25, 0.3) is 0 Å². The van der Waals surface area contributed by atoms with E-state index in [0.29, 0.717) is 31.7 Å². The molecule has 7 heteroatoms. The van der Waals surface area contributed by atoms with Crippen LogP contribution >= 0.6 is 0 Å². The van der Waals surface area contributed by atoms with Crippen LogP contribution in [-0.2, 0) is 24.1 Å². The number of pyridine rings is 1. The van der Waals surface area contributed by atoms with Crippen LogP contribution in [0, 0.1) is 0 Å². The summed E-state index contributed by atoms with van der Waals surface area (Å²) in [7, 11) is 0. The number of carbonyl (C=O) groups is 1. The first-order valence-corrected chi connectivity index (χ1v) is 11.5. The number of nitrogens with zero attached hydrogens (tertiary/aromatic N) is 1. The lowest BCUT2D eigenvalue weighted by molar-refractivity contribution is -0.120. The lowest BCUT2D eigenvalue weighted by Crippen LogP contribution is -2.43. The van der Waals surface area contributed by atoms with Crippen molar-refractivity contribution in [1.82, 2.24) is 15.6 Å². The summed E-state index contributed by atoms with van der Waals surface area (Å²) in [6.45, 7) is 5.08. The molecule has 0 aliphatic rings. The molecule has 1 amide bonds. The van der Waals surface area contributed by atoms with Gasteiger partial charge in [0, 0.05) is 30.4 Å². The van der Waals surface area contributed by atoms with E-state index in [-0.39, 0.29) is 17.2 Å². The number of phenolic OH excluding ortho intramolecular Hbond substituents is 1. The summed E-state index contributed by atoms with van der Waals surface area (Å²) in [6, 6.07) is 18.5. The summed E-state index contributed by atoms with van der Waals surface area (Å²) in [5.41, 5.74) is 9.12.